The van der Waals surface area contributed by atoms with Crippen molar-refractivity contribution in [3.63, 3.8) is 0 Å². The van der Waals surface area contributed by atoms with Crippen LogP contribution in [0.15, 0.2) is 17.0 Å². The highest BCUT2D eigenvalue weighted by molar-refractivity contribution is 8.14. The Balaban J connectivity index is 2.34. The van der Waals surface area contributed by atoms with E-state index in [2.05, 4.69) is 0 Å². The molecular formula is C16H20Cl3NO5S. The number of benzene rings is 1. The van der Waals surface area contributed by atoms with Crippen LogP contribution in [0.5, 0.6) is 5.75 Å². The summed E-state index contributed by atoms with van der Waals surface area (Å²) in [7, 11) is 1.28. The van der Waals surface area contributed by atoms with Crippen LogP contribution in [-0.2, 0) is 13.8 Å². The zero-order valence-corrected chi connectivity index (χ0v) is 17.7. The number of hydrogen-bond donors (Lipinski definition) is 0. The third-order valence-electron chi connectivity index (χ3n) is 3.60. The van der Waals surface area contributed by atoms with Crippen LogP contribution in [-0.4, -0.2) is 37.8 Å². The van der Waals surface area contributed by atoms with Gasteiger partial charge in [0, 0.05) is 23.6 Å². The van der Waals surface area contributed by atoms with Crippen LogP contribution in [0.1, 0.15) is 40.0 Å². The lowest BCUT2D eigenvalue weighted by atomic mass is 10.1. The van der Waals surface area contributed by atoms with Gasteiger partial charge in [-0.25, -0.2) is 13.2 Å². The van der Waals surface area contributed by atoms with Crippen LogP contribution in [0.4, 0.5) is 4.79 Å². The maximum atomic E-state index is 12.4. The summed E-state index contributed by atoms with van der Waals surface area (Å²) in [6.45, 7) is 5.73. The first kappa shape index (κ1) is 21.4. The van der Waals surface area contributed by atoms with Crippen LogP contribution in [0, 0.1) is 0 Å². The zero-order valence-electron chi connectivity index (χ0n) is 14.6. The molecule has 1 saturated heterocycles. The number of carbonyl (C=O) groups is 1. The van der Waals surface area contributed by atoms with Crippen molar-refractivity contribution in [2.24, 2.45) is 0 Å². The van der Waals surface area contributed by atoms with E-state index >= 15 is 0 Å². The largest absolute Gasteiger partial charge is 0.469 e. The molecule has 1 aromatic carbocycles. The van der Waals surface area contributed by atoms with Gasteiger partial charge in [-0.2, -0.15) is 0 Å². The molecule has 6 nitrogen and oxygen atoms in total. The molecule has 0 N–H and O–H groups in total. The molecule has 1 fully saturated rings. The standard InChI is InChI=1S/C16H20Cl3NO5S/c1-16(2,3)25-15(21)20-9-5-4-6-12(20)24-11-8-7-10(17)13(18)14(11)26(19,22)23/h7-8,12H,4-6,9H2,1-3H3. The van der Waals surface area contributed by atoms with Gasteiger partial charge in [-0.3, -0.25) is 4.90 Å². The van der Waals surface area contributed by atoms with Crippen LogP contribution in [0.3, 0.4) is 0 Å². The fourth-order valence-corrected chi connectivity index (χ4v) is 4.47. The number of halogens is 3. The first-order valence-corrected chi connectivity index (χ1v) is 11.1. The van der Waals surface area contributed by atoms with Gasteiger partial charge in [0.05, 0.1) is 10.0 Å². The second-order valence-corrected chi connectivity index (χ2v) is 10.2. The van der Waals surface area contributed by atoms with Crippen molar-refractivity contribution in [3.05, 3.63) is 22.2 Å². The van der Waals surface area contributed by atoms with Crippen LogP contribution in [0.25, 0.3) is 0 Å². The van der Waals surface area contributed by atoms with Gasteiger partial charge < -0.3 is 9.47 Å². The van der Waals surface area contributed by atoms with E-state index in [0.29, 0.717) is 13.0 Å². The highest BCUT2D eigenvalue weighted by Crippen LogP contribution is 2.39. The Kier molecular flexibility index (Phi) is 6.59. The number of amides is 1. The first-order valence-electron chi connectivity index (χ1n) is 7.99. The van der Waals surface area contributed by atoms with E-state index < -0.39 is 31.9 Å². The van der Waals surface area contributed by atoms with E-state index in [-0.39, 0.29) is 15.8 Å². The maximum Gasteiger partial charge on any atom is 0.413 e. The molecule has 1 unspecified atom stereocenters. The number of nitrogens with zero attached hydrogens (tertiary/aromatic N) is 1. The summed E-state index contributed by atoms with van der Waals surface area (Å²) < 4.78 is 35.0. The van der Waals surface area contributed by atoms with Gasteiger partial charge >= 0.3 is 6.09 Å². The van der Waals surface area contributed by atoms with Gasteiger partial charge in [-0.15, -0.1) is 0 Å². The average molecular weight is 445 g/mol. The summed E-state index contributed by atoms with van der Waals surface area (Å²) in [6, 6.07) is 2.77. The summed E-state index contributed by atoms with van der Waals surface area (Å²) in [4.78, 5) is 13.5. The SMILES string of the molecule is CC(C)(C)OC(=O)N1CCCCC1Oc1ccc(Cl)c(Cl)c1S(=O)(=O)Cl. The zero-order chi connectivity index (χ0) is 19.7. The summed E-state index contributed by atoms with van der Waals surface area (Å²) in [5.41, 5.74) is -0.659. The van der Waals surface area contributed by atoms with Crippen molar-refractivity contribution in [2.45, 2.75) is 56.8 Å². The van der Waals surface area contributed by atoms with Crippen molar-refractivity contribution >= 4 is 49.0 Å². The molecule has 1 amide bonds. The lowest BCUT2D eigenvalue weighted by molar-refractivity contribution is -0.0350. The van der Waals surface area contributed by atoms with Crippen LogP contribution >= 0.6 is 33.9 Å². The molecule has 1 aliphatic heterocycles. The van der Waals surface area contributed by atoms with Gasteiger partial charge in [-0.05, 0) is 45.7 Å². The molecule has 0 radical (unpaired) electrons. The van der Waals surface area contributed by atoms with E-state index in [1.165, 1.54) is 17.0 Å². The van der Waals surface area contributed by atoms with Gasteiger partial charge in [-0.1, -0.05) is 23.2 Å². The van der Waals surface area contributed by atoms with Crippen molar-refractivity contribution in [3.8, 4) is 5.75 Å². The second kappa shape index (κ2) is 8.00. The molecule has 2 rings (SSSR count). The Morgan fingerprint density at radius 1 is 1.23 bits per heavy atom. The van der Waals surface area contributed by atoms with Crippen LogP contribution < -0.4 is 4.74 Å². The first-order chi connectivity index (χ1) is 11.9. The molecule has 0 bridgehead atoms. The molecular weight excluding hydrogens is 425 g/mol. The van der Waals surface area contributed by atoms with Gasteiger partial charge in [0.2, 0.25) is 0 Å². The minimum Gasteiger partial charge on any atom is -0.469 e. The Labute approximate surface area is 167 Å². The number of ether oxygens (including phenoxy) is 2. The second-order valence-electron chi connectivity index (χ2n) is 6.87. The third-order valence-corrected chi connectivity index (χ3v) is 5.87. The summed E-state index contributed by atoms with van der Waals surface area (Å²) in [6.07, 6.45) is 0.891. The predicted octanol–water partition coefficient (Wildman–Crippen LogP) is 5.05. The normalized spacial score (nSPS) is 18.5. The van der Waals surface area contributed by atoms with Gasteiger partial charge in [0.1, 0.15) is 16.2 Å². The molecule has 1 atom stereocenters. The van der Waals surface area contributed by atoms with Crippen molar-refractivity contribution < 1.29 is 22.7 Å². The summed E-state index contributed by atoms with van der Waals surface area (Å²) >= 11 is 11.9. The molecule has 0 saturated carbocycles. The van der Waals surface area contributed by atoms with Gasteiger partial charge in [0.25, 0.3) is 9.05 Å². The van der Waals surface area contributed by atoms with E-state index in [1.54, 1.807) is 20.8 Å². The highest BCUT2D eigenvalue weighted by atomic mass is 35.7. The maximum absolute atomic E-state index is 12.4. The average Bonchev–Trinajstić information content (AvgIpc) is 2.48. The lowest BCUT2D eigenvalue weighted by Crippen LogP contribution is -2.48. The topological polar surface area (TPSA) is 72.9 Å². The minimum absolute atomic E-state index is 0.0332. The predicted molar refractivity (Wildman–Crippen MR) is 101 cm³/mol. The number of rotatable bonds is 3. The third kappa shape index (κ3) is 5.31. The van der Waals surface area contributed by atoms with E-state index in [0.717, 1.165) is 12.8 Å². The molecule has 1 aliphatic rings. The molecule has 0 spiro atoms. The number of carbonyl (C=O) groups excluding carboxylic acids is 1. The molecule has 0 aromatic heterocycles. The monoisotopic (exact) mass is 443 g/mol. The van der Waals surface area contributed by atoms with Crippen molar-refractivity contribution in [2.75, 3.05) is 6.54 Å². The molecule has 10 heteroatoms. The fraction of sp³-hybridized carbons (Fsp3) is 0.562. The van der Waals surface area contributed by atoms with Crippen LogP contribution in [0.2, 0.25) is 10.0 Å². The summed E-state index contributed by atoms with van der Waals surface area (Å²) in [5, 5.41) is -0.190. The van der Waals surface area contributed by atoms with Gasteiger partial charge in [0.15, 0.2) is 6.23 Å². The van der Waals surface area contributed by atoms with E-state index in [9.17, 15) is 13.2 Å². The molecule has 1 aromatic rings. The Hall–Kier alpha value is -0.890. The molecule has 26 heavy (non-hydrogen) atoms. The smallest absolute Gasteiger partial charge is 0.413 e. The molecule has 0 aliphatic carbocycles. The summed E-state index contributed by atoms with van der Waals surface area (Å²) in [5.74, 6) is -0.0603. The molecule has 1 heterocycles. The molecule has 146 valence electrons. The lowest BCUT2D eigenvalue weighted by Gasteiger charge is -2.36. The Morgan fingerprint density at radius 2 is 1.88 bits per heavy atom. The van der Waals surface area contributed by atoms with E-state index in [1.807, 2.05) is 0 Å². The quantitative estimate of drug-likeness (QED) is 0.610. The van der Waals surface area contributed by atoms with E-state index in [4.69, 9.17) is 43.4 Å². The van der Waals surface area contributed by atoms with Crippen molar-refractivity contribution in [1.82, 2.24) is 4.90 Å². The number of piperidine rings is 1. The minimum atomic E-state index is -4.21. The number of hydrogen-bond acceptors (Lipinski definition) is 5. The number of likely N-dealkylation sites (tertiary alicyclic amines) is 1. The van der Waals surface area contributed by atoms with Crippen molar-refractivity contribution in [1.29, 1.82) is 0 Å². The Morgan fingerprint density at radius 3 is 2.46 bits per heavy atom. The fourth-order valence-electron chi connectivity index (χ4n) is 2.53. The highest BCUT2D eigenvalue weighted by Gasteiger charge is 2.33. The Bertz CT molecular complexity index is 792.